The van der Waals surface area contributed by atoms with E-state index >= 15 is 0 Å². The summed E-state index contributed by atoms with van der Waals surface area (Å²) in [4.78, 5) is 13.7. The van der Waals surface area contributed by atoms with Crippen LogP contribution in [0.1, 0.15) is 0 Å². The zero-order valence-corrected chi connectivity index (χ0v) is 11.3. The van der Waals surface area contributed by atoms with E-state index in [0.717, 1.165) is 0 Å². The van der Waals surface area contributed by atoms with Gasteiger partial charge in [0.1, 0.15) is 5.75 Å². The lowest BCUT2D eigenvalue weighted by molar-refractivity contribution is -0.115. The molecule has 0 saturated carbocycles. The Morgan fingerprint density at radius 2 is 1.60 bits per heavy atom. The minimum absolute atomic E-state index is 0.405. The number of anilines is 3. The lowest BCUT2D eigenvalue weighted by Gasteiger charge is -2.21. The smallest absolute Gasteiger partial charge is 0.248 e. The number of rotatable bonds is 1. The molecule has 0 spiro atoms. The van der Waals surface area contributed by atoms with Gasteiger partial charge in [0.15, 0.2) is 0 Å². The third kappa shape index (κ3) is 2.25. The van der Waals surface area contributed by atoms with Gasteiger partial charge in [-0.3, -0.25) is 14.4 Å². The van der Waals surface area contributed by atoms with Crippen molar-refractivity contribution in [3.05, 3.63) is 54.6 Å². The molecule has 2 aromatic rings. The Morgan fingerprint density at radius 1 is 0.950 bits per heavy atom. The summed E-state index contributed by atoms with van der Waals surface area (Å²) in [6.07, 6.45) is 0. The summed E-state index contributed by atoms with van der Waals surface area (Å²) in [6.45, 7) is 0. The molecular formula is C14H12N2O3S. The molecular weight excluding hydrogens is 276 g/mol. The van der Waals surface area contributed by atoms with E-state index in [1.807, 2.05) is 6.07 Å². The summed E-state index contributed by atoms with van der Waals surface area (Å²) >= 11 is 0. The monoisotopic (exact) mass is 288 g/mol. The number of benzene rings is 2. The molecule has 0 aromatic heterocycles. The van der Waals surface area contributed by atoms with E-state index in [9.17, 15) is 13.2 Å². The third-order valence-corrected chi connectivity index (χ3v) is 4.15. The standard InChI is InChI=1S/C14H12N2O3S/c17-14-10-20(18,19)15-12-8-4-5-9-13(12)16(14)11-6-2-1-3-7-11/h1-9,15H,10H2. The molecule has 0 fully saturated rings. The summed E-state index contributed by atoms with van der Waals surface area (Å²) in [6, 6.07) is 15.8. The molecule has 0 radical (unpaired) electrons. The lowest BCUT2D eigenvalue weighted by Crippen LogP contribution is -2.30. The maximum absolute atomic E-state index is 12.3. The Bertz CT molecular complexity index is 757. The maximum atomic E-state index is 12.3. The maximum Gasteiger partial charge on any atom is 0.248 e. The molecule has 6 heteroatoms. The molecule has 1 N–H and O–H groups in total. The van der Waals surface area contributed by atoms with Gasteiger partial charge in [-0.05, 0) is 24.3 Å². The molecule has 1 heterocycles. The van der Waals surface area contributed by atoms with Crippen molar-refractivity contribution in [1.82, 2.24) is 0 Å². The first-order valence-corrected chi connectivity index (χ1v) is 7.69. The van der Waals surface area contributed by atoms with E-state index in [4.69, 9.17) is 0 Å². The van der Waals surface area contributed by atoms with Crippen molar-refractivity contribution in [3.8, 4) is 0 Å². The van der Waals surface area contributed by atoms with Gasteiger partial charge in [0, 0.05) is 5.69 Å². The van der Waals surface area contributed by atoms with E-state index in [-0.39, 0.29) is 0 Å². The van der Waals surface area contributed by atoms with Gasteiger partial charge in [-0.1, -0.05) is 30.3 Å². The van der Waals surface area contributed by atoms with Gasteiger partial charge in [-0.25, -0.2) is 8.42 Å². The molecule has 102 valence electrons. The highest BCUT2D eigenvalue weighted by molar-refractivity contribution is 7.93. The van der Waals surface area contributed by atoms with Crippen LogP contribution < -0.4 is 9.62 Å². The van der Waals surface area contributed by atoms with Crippen molar-refractivity contribution in [1.29, 1.82) is 0 Å². The van der Waals surface area contributed by atoms with Gasteiger partial charge in [0.25, 0.3) is 0 Å². The average Bonchev–Trinajstić information content (AvgIpc) is 2.51. The SMILES string of the molecule is O=C1CS(=O)(=O)Nc2ccccc2N1c1ccccc1. The summed E-state index contributed by atoms with van der Waals surface area (Å²) in [5, 5.41) is 0. The Morgan fingerprint density at radius 3 is 2.35 bits per heavy atom. The first kappa shape index (κ1) is 12.7. The zero-order chi connectivity index (χ0) is 14.2. The number of para-hydroxylation sites is 3. The molecule has 2 aromatic carbocycles. The average molecular weight is 288 g/mol. The Hall–Kier alpha value is -2.34. The molecule has 1 aliphatic rings. The van der Waals surface area contributed by atoms with Crippen LogP contribution in [-0.2, 0) is 14.8 Å². The second-order valence-electron chi connectivity index (χ2n) is 4.44. The number of nitrogens with zero attached hydrogens (tertiary/aromatic N) is 1. The highest BCUT2D eigenvalue weighted by atomic mass is 32.2. The predicted octanol–water partition coefficient (Wildman–Crippen LogP) is 2.11. The number of nitrogens with one attached hydrogen (secondary N) is 1. The van der Waals surface area contributed by atoms with Gasteiger partial charge in [0.2, 0.25) is 15.9 Å². The fraction of sp³-hybridized carbons (Fsp3) is 0.0714. The number of fused-ring (bicyclic) bond motifs is 1. The first-order chi connectivity index (χ1) is 9.57. The van der Waals surface area contributed by atoms with E-state index in [2.05, 4.69) is 4.72 Å². The second kappa shape index (κ2) is 4.64. The van der Waals surface area contributed by atoms with Gasteiger partial charge in [-0.15, -0.1) is 0 Å². The lowest BCUT2D eigenvalue weighted by atomic mass is 10.2. The molecule has 0 atom stereocenters. The number of amides is 1. The fourth-order valence-electron chi connectivity index (χ4n) is 2.18. The molecule has 5 nitrogen and oxygen atoms in total. The van der Waals surface area contributed by atoms with Gasteiger partial charge < -0.3 is 0 Å². The van der Waals surface area contributed by atoms with Crippen molar-refractivity contribution in [2.75, 3.05) is 15.4 Å². The third-order valence-electron chi connectivity index (χ3n) is 2.99. The van der Waals surface area contributed by atoms with Crippen molar-refractivity contribution >= 4 is 33.0 Å². The summed E-state index contributed by atoms with van der Waals surface area (Å²) in [7, 11) is -3.66. The van der Waals surface area contributed by atoms with Crippen LogP contribution in [0.2, 0.25) is 0 Å². The number of sulfonamides is 1. The van der Waals surface area contributed by atoms with Crippen LogP contribution in [0.5, 0.6) is 0 Å². The Kier molecular flexibility index (Phi) is 2.94. The largest absolute Gasteiger partial charge is 0.281 e. The summed E-state index contributed by atoms with van der Waals surface area (Å²) in [5.74, 6) is -1.05. The van der Waals surface area contributed by atoms with Gasteiger partial charge >= 0.3 is 0 Å². The van der Waals surface area contributed by atoms with Crippen LogP contribution in [-0.4, -0.2) is 20.1 Å². The van der Waals surface area contributed by atoms with Crippen molar-refractivity contribution in [2.45, 2.75) is 0 Å². The van der Waals surface area contributed by atoms with Crippen molar-refractivity contribution < 1.29 is 13.2 Å². The topological polar surface area (TPSA) is 66.5 Å². The second-order valence-corrected chi connectivity index (χ2v) is 6.17. The van der Waals surface area contributed by atoms with Crippen molar-refractivity contribution in [3.63, 3.8) is 0 Å². The van der Waals surface area contributed by atoms with Crippen LogP contribution in [0, 0.1) is 0 Å². The fourth-order valence-corrected chi connectivity index (χ4v) is 3.21. The zero-order valence-electron chi connectivity index (χ0n) is 10.5. The molecule has 0 aliphatic carbocycles. The van der Waals surface area contributed by atoms with Crippen molar-refractivity contribution in [2.24, 2.45) is 0 Å². The highest BCUT2D eigenvalue weighted by Gasteiger charge is 2.30. The molecule has 3 rings (SSSR count). The number of carbonyl (C=O) groups is 1. The Balaban J connectivity index is 2.21. The van der Waals surface area contributed by atoms with Crippen LogP contribution in [0.25, 0.3) is 0 Å². The quantitative estimate of drug-likeness (QED) is 0.874. The van der Waals surface area contributed by atoms with E-state index in [1.165, 1.54) is 4.90 Å². The number of carbonyl (C=O) groups excluding carboxylic acids is 1. The minimum atomic E-state index is -3.66. The molecule has 20 heavy (non-hydrogen) atoms. The molecule has 0 bridgehead atoms. The van der Waals surface area contributed by atoms with Crippen LogP contribution in [0.4, 0.5) is 17.1 Å². The predicted molar refractivity (Wildman–Crippen MR) is 77.4 cm³/mol. The van der Waals surface area contributed by atoms with E-state index in [1.54, 1.807) is 48.5 Å². The summed E-state index contributed by atoms with van der Waals surface area (Å²) < 4.78 is 26.2. The molecule has 1 aliphatic heterocycles. The van der Waals surface area contributed by atoms with Crippen LogP contribution >= 0.6 is 0 Å². The number of hydrogen-bond donors (Lipinski definition) is 1. The van der Waals surface area contributed by atoms with Gasteiger partial charge in [0.05, 0.1) is 11.4 Å². The van der Waals surface area contributed by atoms with Gasteiger partial charge in [-0.2, -0.15) is 0 Å². The number of hydrogen-bond acceptors (Lipinski definition) is 3. The Labute approximate surface area is 116 Å². The molecule has 0 saturated heterocycles. The molecule has 0 unspecified atom stereocenters. The first-order valence-electron chi connectivity index (χ1n) is 6.04. The van der Waals surface area contributed by atoms with E-state index < -0.39 is 21.7 Å². The normalized spacial score (nSPS) is 17.0. The molecule has 1 amide bonds. The minimum Gasteiger partial charge on any atom is -0.281 e. The summed E-state index contributed by atoms with van der Waals surface area (Å²) in [5.41, 5.74) is 1.58. The van der Waals surface area contributed by atoms with Crippen LogP contribution in [0.3, 0.4) is 0 Å². The van der Waals surface area contributed by atoms with Crippen LogP contribution in [0.15, 0.2) is 54.6 Å². The van der Waals surface area contributed by atoms with E-state index in [0.29, 0.717) is 17.1 Å². The highest BCUT2D eigenvalue weighted by Crippen LogP contribution is 2.34.